The van der Waals surface area contributed by atoms with Crippen LogP contribution in [0, 0.1) is 143 Å². The molecule has 8 heteroatoms. The average Bonchev–Trinajstić information content (AvgIpc) is 3.26. The van der Waals surface area contributed by atoms with E-state index in [1.807, 2.05) is 109 Å². The van der Waals surface area contributed by atoms with Crippen LogP contribution >= 0.6 is 35.2 Å². The summed E-state index contributed by atoms with van der Waals surface area (Å²) >= 11 is -0.346. The van der Waals surface area contributed by atoms with E-state index in [1.54, 1.807) is 0 Å². The van der Waals surface area contributed by atoms with E-state index in [9.17, 15) is 0 Å². The quantitative estimate of drug-likeness (QED) is 0.104. The molecule has 2 unspecified atom stereocenters. The van der Waals surface area contributed by atoms with Crippen LogP contribution in [0.1, 0.15) is 23.2 Å². The van der Waals surface area contributed by atoms with E-state index >= 15 is 0 Å². The Hall–Kier alpha value is -6.62. The standard InChI is InChI=1S/C36H13NP2.C14H16N2.2ClH.Ru/c1-5-9-13-21-29-38(30-22-14-10-6-2)35-27-19-17-25-33(35)37-34-26-18-20-28-36(34)39(31-23-15-11-7-3)32-24-16-12-8-4;15-13(11-7-3-1-4-8-11)14(16)12-9-5-2-6-10-12;;;/h1-4,17-20,25-28,37H;1-10,13-14H,15-16H2;2*1H;/q;;;;+4. The van der Waals surface area contributed by atoms with Gasteiger partial charge in [-0.25, -0.2) is 0 Å². The first-order valence-corrected chi connectivity index (χ1v) is 24.0. The van der Waals surface area contributed by atoms with Crippen LogP contribution < -0.4 is 27.4 Å². The summed E-state index contributed by atoms with van der Waals surface area (Å²) in [6.07, 6.45) is 20.8. The SMILES string of the molecule is C#CC#CC#C[PH+](C#CC#CC#C)c1ccccc1Nc1ccccc1[PH+](C#CC#CC#C)C#CC#CC#C.NC(c1ccccc1)C(N)c1ccccc1.[Cl][Ru+2][Cl]. The Labute approximate surface area is 362 Å². The molecule has 3 nitrogen and oxygen atoms in total. The summed E-state index contributed by atoms with van der Waals surface area (Å²) in [4.78, 5) is 0. The maximum absolute atomic E-state index is 6.15. The van der Waals surface area contributed by atoms with E-state index in [0.717, 1.165) is 33.1 Å². The van der Waals surface area contributed by atoms with Crippen LogP contribution in [0.25, 0.3) is 0 Å². The van der Waals surface area contributed by atoms with E-state index in [1.165, 1.54) is 0 Å². The molecule has 2 atom stereocenters. The number of halogens is 2. The molecule has 0 bridgehead atoms. The second-order valence-electron chi connectivity index (χ2n) is 10.5. The molecule has 4 aromatic rings. The van der Waals surface area contributed by atoms with Crippen molar-refractivity contribution >= 4 is 57.2 Å². The minimum atomic E-state index is -1.75. The Morgan fingerprint density at radius 1 is 0.431 bits per heavy atom. The molecular formula is C50H31Cl2N3P2Ru+4. The summed E-state index contributed by atoms with van der Waals surface area (Å²) in [5.41, 5.74) is 28.6. The van der Waals surface area contributed by atoms with E-state index in [-0.39, 0.29) is 27.2 Å². The van der Waals surface area contributed by atoms with Crippen molar-refractivity contribution in [3.8, 4) is 143 Å². The second kappa shape index (κ2) is 30.6. The Morgan fingerprint density at radius 3 is 1.00 bits per heavy atom. The van der Waals surface area contributed by atoms with Gasteiger partial charge in [-0.1, -0.05) is 84.9 Å². The van der Waals surface area contributed by atoms with Crippen molar-refractivity contribution in [1.82, 2.24) is 0 Å². The van der Waals surface area contributed by atoms with E-state index in [2.05, 4.69) is 123 Å². The van der Waals surface area contributed by atoms with E-state index < -0.39 is 15.8 Å². The third-order valence-corrected chi connectivity index (χ3v) is 10.4. The molecule has 0 aliphatic rings. The van der Waals surface area contributed by atoms with Gasteiger partial charge in [0, 0.05) is 59.4 Å². The predicted octanol–water partition coefficient (Wildman–Crippen LogP) is 7.26. The molecule has 4 aromatic carbocycles. The Bertz CT molecular complexity index is 2410. The fourth-order valence-corrected chi connectivity index (χ4v) is 7.28. The van der Waals surface area contributed by atoms with Gasteiger partial charge >= 0.3 is 34.5 Å². The van der Waals surface area contributed by atoms with E-state index in [0.29, 0.717) is 0 Å². The van der Waals surface area contributed by atoms with Gasteiger partial charge in [0.25, 0.3) is 0 Å². The molecule has 0 saturated carbocycles. The van der Waals surface area contributed by atoms with Crippen molar-refractivity contribution in [3.05, 3.63) is 120 Å². The topological polar surface area (TPSA) is 64.1 Å². The van der Waals surface area contributed by atoms with Crippen molar-refractivity contribution in [2.45, 2.75) is 12.1 Å². The first-order valence-electron chi connectivity index (χ1n) is 16.5. The van der Waals surface area contributed by atoms with Gasteiger partial charge in [0.15, 0.2) is 15.8 Å². The van der Waals surface area contributed by atoms with Gasteiger partial charge in [0.1, 0.15) is 33.3 Å². The number of nitrogens with two attached hydrogens (primary N) is 2. The monoisotopic (exact) mass is 907 g/mol. The number of terminal acetylenes is 4. The number of hydrogen-bond acceptors (Lipinski definition) is 3. The Morgan fingerprint density at radius 2 is 0.707 bits per heavy atom. The van der Waals surface area contributed by atoms with Crippen LogP contribution in [0.15, 0.2) is 109 Å². The molecule has 274 valence electrons. The van der Waals surface area contributed by atoms with Crippen LogP contribution in [0.4, 0.5) is 11.4 Å². The van der Waals surface area contributed by atoms with Crippen LogP contribution in [-0.2, 0) is 15.1 Å². The molecule has 58 heavy (non-hydrogen) atoms. The molecule has 4 rings (SSSR count). The second-order valence-corrected chi connectivity index (χ2v) is 16.7. The molecule has 0 aromatic heterocycles. The maximum atomic E-state index is 6.15. The first-order chi connectivity index (χ1) is 28.4. The fourth-order valence-electron chi connectivity index (χ4n) is 4.51. The number of rotatable bonds is 7. The molecule has 0 spiro atoms. The van der Waals surface area contributed by atoms with Crippen LogP contribution in [0.5, 0.6) is 0 Å². The number of anilines is 2. The average molecular weight is 908 g/mol. The molecule has 0 aliphatic heterocycles. The van der Waals surface area contributed by atoms with Gasteiger partial charge in [0.05, 0.1) is 11.4 Å². The molecule has 0 saturated heterocycles. The summed E-state index contributed by atoms with van der Waals surface area (Å²) < 4.78 is 0. The molecule has 0 aliphatic carbocycles. The third kappa shape index (κ3) is 18.3. The third-order valence-electron chi connectivity index (χ3n) is 6.96. The number of hydrogen-bond donors (Lipinski definition) is 3. The van der Waals surface area contributed by atoms with Gasteiger partial charge in [-0.2, -0.15) is 0 Å². The van der Waals surface area contributed by atoms with Crippen molar-refractivity contribution in [1.29, 1.82) is 0 Å². The number of benzene rings is 4. The Kier molecular flexibility index (Phi) is 25.1. The number of nitrogens with one attached hydrogen (secondary N) is 1. The van der Waals surface area contributed by atoms with Gasteiger partial charge in [-0.3, -0.25) is 0 Å². The molecule has 0 radical (unpaired) electrons. The molecule has 0 amide bonds. The molecule has 0 fully saturated rings. The number of para-hydroxylation sites is 2. The zero-order valence-electron chi connectivity index (χ0n) is 30.6. The van der Waals surface area contributed by atoms with Crippen LogP contribution in [0.2, 0.25) is 0 Å². The Balaban J connectivity index is 0.000000501. The van der Waals surface area contributed by atoms with Gasteiger partial charge in [0.2, 0.25) is 0 Å². The zero-order chi connectivity index (χ0) is 42.1. The van der Waals surface area contributed by atoms with Gasteiger partial charge in [-0.15, -0.1) is 25.7 Å². The summed E-state index contributed by atoms with van der Waals surface area (Å²) in [6.45, 7) is 0. The fraction of sp³-hybridized carbons (Fsp3) is 0.0400. The van der Waals surface area contributed by atoms with Gasteiger partial charge in [-0.05, 0) is 82.8 Å². The van der Waals surface area contributed by atoms with Crippen LogP contribution in [0.3, 0.4) is 0 Å². The normalized spacial score (nSPS) is 9.14. The summed E-state index contributed by atoms with van der Waals surface area (Å²) in [6, 6.07) is 35.1. The zero-order valence-corrected chi connectivity index (χ0v) is 35.9. The van der Waals surface area contributed by atoms with Crippen molar-refractivity contribution in [2.75, 3.05) is 5.32 Å². The van der Waals surface area contributed by atoms with Gasteiger partial charge < -0.3 is 16.8 Å². The summed E-state index contributed by atoms with van der Waals surface area (Å²) in [5, 5.41) is 5.34. The van der Waals surface area contributed by atoms with Crippen molar-refractivity contribution in [2.24, 2.45) is 11.5 Å². The van der Waals surface area contributed by atoms with Crippen LogP contribution in [-0.4, -0.2) is 0 Å². The minimum absolute atomic E-state index is 0.163. The van der Waals surface area contributed by atoms with Crippen molar-refractivity contribution < 1.29 is 15.1 Å². The molecule has 5 N–H and O–H groups in total. The van der Waals surface area contributed by atoms with Crippen molar-refractivity contribution in [3.63, 3.8) is 0 Å². The predicted molar refractivity (Wildman–Crippen MR) is 248 cm³/mol. The van der Waals surface area contributed by atoms with E-state index in [4.69, 9.17) is 56.5 Å². The molecule has 0 heterocycles. The summed E-state index contributed by atoms with van der Waals surface area (Å²) in [7, 11) is 6.20. The summed E-state index contributed by atoms with van der Waals surface area (Å²) in [5.74, 6) is 40.7. The first kappa shape index (κ1) is 47.5. The molecular weight excluding hydrogens is 876 g/mol.